The number of nitrogens with one attached hydrogen (secondary N) is 1. The van der Waals surface area contributed by atoms with Crippen molar-refractivity contribution in [3.8, 4) is 0 Å². The van der Waals surface area contributed by atoms with Gasteiger partial charge in [-0.05, 0) is 24.8 Å². The van der Waals surface area contributed by atoms with E-state index in [0.717, 1.165) is 25.8 Å². The van der Waals surface area contributed by atoms with Gasteiger partial charge in [0.2, 0.25) is 5.91 Å². The molecule has 0 heterocycles. The number of hydrogen-bond acceptors (Lipinski definition) is 1. The van der Waals surface area contributed by atoms with Gasteiger partial charge >= 0.3 is 0 Å². The van der Waals surface area contributed by atoms with Crippen LogP contribution >= 0.6 is 11.6 Å². The monoisotopic (exact) mass is 239 g/mol. The van der Waals surface area contributed by atoms with E-state index in [9.17, 15) is 4.79 Å². The molecule has 0 fully saturated rings. The standard InChI is InChI=1S/C13H18ClNO/c14-10-4-9-13(16)15-11-5-8-12-6-2-1-3-7-12/h1-3,6-7H,4-5,8-11H2,(H,15,16). The molecule has 0 atom stereocenters. The van der Waals surface area contributed by atoms with E-state index in [1.807, 2.05) is 18.2 Å². The third-order valence-electron chi connectivity index (χ3n) is 2.34. The average molecular weight is 240 g/mol. The number of halogens is 1. The van der Waals surface area contributed by atoms with Gasteiger partial charge in [0.25, 0.3) is 0 Å². The molecule has 1 amide bonds. The molecule has 0 unspecified atom stereocenters. The summed E-state index contributed by atoms with van der Waals surface area (Å²) in [6.45, 7) is 0.746. The summed E-state index contributed by atoms with van der Waals surface area (Å²) in [6.07, 6.45) is 3.29. The second kappa shape index (κ2) is 8.17. The molecule has 16 heavy (non-hydrogen) atoms. The third kappa shape index (κ3) is 5.76. The van der Waals surface area contributed by atoms with Crippen LogP contribution in [0.5, 0.6) is 0 Å². The van der Waals surface area contributed by atoms with Crippen molar-refractivity contribution in [3.05, 3.63) is 35.9 Å². The SMILES string of the molecule is O=C(CCCCl)NCCCc1ccccc1. The molecule has 0 aliphatic carbocycles. The van der Waals surface area contributed by atoms with Crippen molar-refractivity contribution in [2.24, 2.45) is 0 Å². The highest BCUT2D eigenvalue weighted by Gasteiger charge is 1.99. The number of amides is 1. The maximum Gasteiger partial charge on any atom is 0.220 e. The van der Waals surface area contributed by atoms with E-state index in [1.165, 1.54) is 5.56 Å². The average Bonchev–Trinajstić information content (AvgIpc) is 2.33. The van der Waals surface area contributed by atoms with Crippen LogP contribution in [0, 0.1) is 0 Å². The van der Waals surface area contributed by atoms with Crippen molar-refractivity contribution >= 4 is 17.5 Å². The van der Waals surface area contributed by atoms with Crippen LogP contribution in [0.2, 0.25) is 0 Å². The van der Waals surface area contributed by atoms with E-state index in [1.54, 1.807) is 0 Å². The van der Waals surface area contributed by atoms with Crippen LogP contribution < -0.4 is 5.32 Å². The van der Waals surface area contributed by atoms with Crippen molar-refractivity contribution in [2.75, 3.05) is 12.4 Å². The molecule has 0 aromatic heterocycles. The Morgan fingerprint density at radius 2 is 1.94 bits per heavy atom. The fourth-order valence-corrected chi connectivity index (χ4v) is 1.61. The number of rotatable bonds is 7. The maximum absolute atomic E-state index is 11.2. The molecule has 0 saturated carbocycles. The predicted octanol–water partition coefficient (Wildman–Crippen LogP) is 2.75. The van der Waals surface area contributed by atoms with Crippen molar-refractivity contribution in [3.63, 3.8) is 0 Å². The van der Waals surface area contributed by atoms with Gasteiger partial charge in [-0.15, -0.1) is 11.6 Å². The lowest BCUT2D eigenvalue weighted by Gasteiger charge is -2.04. The molecule has 0 bridgehead atoms. The number of benzene rings is 1. The Kier molecular flexibility index (Phi) is 6.66. The lowest BCUT2D eigenvalue weighted by molar-refractivity contribution is -0.121. The van der Waals surface area contributed by atoms with E-state index in [0.29, 0.717) is 12.3 Å². The van der Waals surface area contributed by atoms with Gasteiger partial charge in [0.1, 0.15) is 0 Å². The van der Waals surface area contributed by atoms with Crippen molar-refractivity contribution in [1.29, 1.82) is 0 Å². The Morgan fingerprint density at radius 3 is 2.62 bits per heavy atom. The first-order chi connectivity index (χ1) is 7.83. The number of carbonyl (C=O) groups excluding carboxylic acids is 1. The summed E-state index contributed by atoms with van der Waals surface area (Å²) in [5, 5.41) is 2.89. The van der Waals surface area contributed by atoms with Crippen LogP contribution in [0.15, 0.2) is 30.3 Å². The quantitative estimate of drug-likeness (QED) is 0.575. The minimum absolute atomic E-state index is 0.105. The Bertz CT molecular complexity index is 300. The first-order valence-corrected chi connectivity index (χ1v) is 6.23. The number of hydrogen-bond donors (Lipinski definition) is 1. The molecular formula is C13H18ClNO. The van der Waals surface area contributed by atoms with Crippen LogP contribution in [-0.4, -0.2) is 18.3 Å². The highest BCUT2D eigenvalue weighted by molar-refractivity contribution is 6.17. The summed E-state index contributed by atoms with van der Waals surface area (Å²) < 4.78 is 0. The van der Waals surface area contributed by atoms with E-state index in [-0.39, 0.29) is 5.91 Å². The van der Waals surface area contributed by atoms with Crippen molar-refractivity contribution < 1.29 is 4.79 Å². The number of aryl methyl sites for hydroxylation is 1. The molecule has 1 aromatic carbocycles. The Labute approximate surface area is 102 Å². The molecule has 0 spiro atoms. The normalized spacial score (nSPS) is 10.1. The Balaban J connectivity index is 2.06. The largest absolute Gasteiger partial charge is 0.356 e. The minimum atomic E-state index is 0.105. The van der Waals surface area contributed by atoms with E-state index in [4.69, 9.17) is 11.6 Å². The lowest BCUT2D eigenvalue weighted by atomic mass is 10.1. The Morgan fingerprint density at radius 1 is 1.19 bits per heavy atom. The Hall–Kier alpha value is -1.02. The molecule has 1 aromatic rings. The molecule has 0 aliphatic heterocycles. The summed E-state index contributed by atoms with van der Waals surface area (Å²) in [7, 11) is 0. The summed E-state index contributed by atoms with van der Waals surface area (Å²) >= 11 is 5.51. The van der Waals surface area contributed by atoms with E-state index < -0.39 is 0 Å². The van der Waals surface area contributed by atoms with Crippen LogP contribution in [-0.2, 0) is 11.2 Å². The van der Waals surface area contributed by atoms with Gasteiger partial charge in [-0.1, -0.05) is 30.3 Å². The molecule has 0 aliphatic rings. The second-order valence-electron chi connectivity index (χ2n) is 3.73. The number of alkyl halides is 1. The van der Waals surface area contributed by atoms with Gasteiger partial charge in [0, 0.05) is 18.8 Å². The summed E-state index contributed by atoms with van der Waals surface area (Å²) in [4.78, 5) is 11.2. The summed E-state index contributed by atoms with van der Waals surface area (Å²) in [5.74, 6) is 0.658. The van der Waals surface area contributed by atoms with Gasteiger partial charge < -0.3 is 5.32 Å². The van der Waals surface area contributed by atoms with Crippen LogP contribution in [0.4, 0.5) is 0 Å². The molecule has 1 rings (SSSR count). The van der Waals surface area contributed by atoms with Gasteiger partial charge in [-0.2, -0.15) is 0 Å². The molecule has 88 valence electrons. The second-order valence-corrected chi connectivity index (χ2v) is 4.11. The fraction of sp³-hybridized carbons (Fsp3) is 0.462. The topological polar surface area (TPSA) is 29.1 Å². The summed E-state index contributed by atoms with van der Waals surface area (Å²) in [5.41, 5.74) is 1.32. The highest BCUT2D eigenvalue weighted by atomic mass is 35.5. The molecule has 1 N–H and O–H groups in total. The molecule has 0 radical (unpaired) electrons. The zero-order chi connectivity index (χ0) is 11.6. The van der Waals surface area contributed by atoms with Crippen molar-refractivity contribution in [1.82, 2.24) is 5.32 Å². The van der Waals surface area contributed by atoms with Gasteiger partial charge in [0.15, 0.2) is 0 Å². The summed E-state index contributed by atoms with van der Waals surface area (Å²) in [6, 6.07) is 10.3. The number of carbonyl (C=O) groups is 1. The highest BCUT2D eigenvalue weighted by Crippen LogP contribution is 2.01. The molecule has 0 saturated heterocycles. The van der Waals surface area contributed by atoms with Gasteiger partial charge in [-0.3, -0.25) is 4.79 Å². The van der Waals surface area contributed by atoms with Crippen LogP contribution in [0.3, 0.4) is 0 Å². The van der Waals surface area contributed by atoms with E-state index in [2.05, 4.69) is 17.4 Å². The first-order valence-electron chi connectivity index (χ1n) is 5.69. The third-order valence-corrected chi connectivity index (χ3v) is 2.61. The fourth-order valence-electron chi connectivity index (χ4n) is 1.48. The predicted molar refractivity (Wildman–Crippen MR) is 67.7 cm³/mol. The molecular weight excluding hydrogens is 222 g/mol. The van der Waals surface area contributed by atoms with E-state index >= 15 is 0 Å². The molecule has 3 heteroatoms. The maximum atomic E-state index is 11.2. The van der Waals surface area contributed by atoms with Gasteiger partial charge in [-0.25, -0.2) is 0 Å². The smallest absolute Gasteiger partial charge is 0.220 e. The zero-order valence-electron chi connectivity index (χ0n) is 9.42. The van der Waals surface area contributed by atoms with Crippen LogP contribution in [0.1, 0.15) is 24.8 Å². The first kappa shape index (κ1) is 13.0. The van der Waals surface area contributed by atoms with Crippen LogP contribution in [0.25, 0.3) is 0 Å². The minimum Gasteiger partial charge on any atom is -0.356 e. The lowest BCUT2D eigenvalue weighted by Crippen LogP contribution is -2.24. The molecule has 2 nitrogen and oxygen atoms in total. The van der Waals surface area contributed by atoms with Gasteiger partial charge in [0.05, 0.1) is 0 Å². The zero-order valence-corrected chi connectivity index (χ0v) is 10.2. The van der Waals surface area contributed by atoms with Crippen molar-refractivity contribution in [2.45, 2.75) is 25.7 Å².